The van der Waals surface area contributed by atoms with Gasteiger partial charge in [0.05, 0.1) is 5.75 Å². The Morgan fingerprint density at radius 1 is 1.15 bits per heavy atom. The summed E-state index contributed by atoms with van der Waals surface area (Å²) in [6.07, 6.45) is 0.484. The first-order valence-corrected chi connectivity index (χ1v) is 9.94. The van der Waals surface area contributed by atoms with Gasteiger partial charge in [0.1, 0.15) is 11.9 Å². The number of carbonyl (C=O) groups is 2. The number of benzene rings is 2. The summed E-state index contributed by atoms with van der Waals surface area (Å²) in [7, 11) is 1.55. The van der Waals surface area contributed by atoms with Crippen LogP contribution in [0.5, 0.6) is 0 Å². The lowest BCUT2D eigenvalue weighted by Crippen LogP contribution is -2.48. The van der Waals surface area contributed by atoms with Crippen LogP contribution in [0.15, 0.2) is 53.4 Å². The normalized spacial score (nSPS) is 11.7. The maximum atomic E-state index is 13.2. The van der Waals surface area contributed by atoms with Gasteiger partial charge in [-0.05, 0) is 48.4 Å². The van der Waals surface area contributed by atoms with E-state index in [2.05, 4.69) is 5.32 Å². The molecule has 7 heteroatoms. The molecule has 1 atom stereocenters. The highest BCUT2D eigenvalue weighted by Crippen LogP contribution is 2.22. The topological polar surface area (TPSA) is 49.4 Å². The van der Waals surface area contributed by atoms with Gasteiger partial charge in [-0.1, -0.05) is 30.7 Å². The zero-order chi connectivity index (χ0) is 19.8. The van der Waals surface area contributed by atoms with Crippen LogP contribution in [0, 0.1) is 5.82 Å². The van der Waals surface area contributed by atoms with Gasteiger partial charge in [0, 0.05) is 23.5 Å². The van der Waals surface area contributed by atoms with Crippen molar-refractivity contribution in [3.05, 3.63) is 64.9 Å². The number of hydrogen-bond acceptors (Lipinski definition) is 3. The van der Waals surface area contributed by atoms with Crippen LogP contribution in [-0.2, 0) is 16.1 Å². The van der Waals surface area contributed by atoms with Gasteiger partial charge in [0.15, 0.2) is 0 Å². The Bertz CT molecular complexity index is 769. The van der Waals surface area contributed by atoms with E-state index in [0.29, 0.717) is 11.4 Å². The zero-order valence-corrected chi connectivity index (χ0v) is 16.8. The second-order valence-electron chi connectivity index (χ2n) is 5.93. The fraction of sp³-hybridized carbons (Fsp3) is 0.300. The minimum absolute atomic E-state index is 0.158. The first-order valence-electron chi connectivity index (χ1n) is 8.58. The van der Waals surface area contributed by atoms with Crippen LogP contribution in [0.25, 0.3) is 0 Å². The van der Waals surface area contributed by atoms with E-state index in [1.165, 1.54) is 23.9 Å². The monoisotopic (exact) mass is 408 g/mol. The molecule has 0 aromatic heterocycles. The van der Waals surface area contributed by atoms with E-state index in [0.717, 1.165) is 10.5 Å². The largest absolute Gasteiger partial charge is 0.357 e. The van der Waals surface area contributed by atoms with Crippen molar-refractivity contribution in [1.29, 1.82) is 0 Å². The lowest BCUT2D eigenvalue weighted by Gasteiger charge is -2.30. The van der Waals surface area contributed by atoms with Crippen molar-refractivity contribution in [1.82, 2.24) is 10.2 Å². The highest BCUT2D eigenvalue weighted by molar-refractivity contribution is 8.00. The predicted molar refractivity (Wildman–Crippen MR) is 107 cm³/mol. The molecule has 1 unspecified atom stereocenters. The van der Waals surface area contributed by atoms with Gasteiger partial charge < -0.3 is 10.2 Å². The van der Waals surface area contributed by atoms with Gasteiger partial charge in [-0.3, -0.25) is 9.59 Å². The van der Waals surface area contributed by atoms with Crippen molar-refractivity contribution in [3.63, 3.8) is 0 Å². The molecule has 0 spiro atoms. The lowest BCUT2D eigenvalue weighted by molar-refractivity contribution is -0.139. The van der Waals surface area contributed by atoms with Gasteiger partial charge in [-0.25, -0.2) is 4.39 Å². The summed E-state index contributed by atoms with van der Waals surface area (Å²) in [6.45, 7) is 2.10. The second kappa shape index (κ2) is 10.3. The average molecular weight is 409 g/mol. The van der Waals surface area contributed by atoms with Crippen molar-refractivity contribution in [2.24, 2.45) is 0 Å². The molecule has 144 valence electrons. The Morgan fingerprint density at radius 2 is 1.78 bits per heavy atom. The number of hydrogen-bond donors (Lipinski definition) is 1. The Balaban J connectivity index is 2.15. The summed E-state index contributed by atoms with van der Waals surface area (Å²) >= 11 is 7.27. The molecule has 2 aromatic carbocycles. The molecule has 2 amide bonds. The van der Waals surface area contributed by atoms with E-state index in [-0.39, 0.29) is 29.9 Å². The Labute approximate surface area is 168 Å². The summed E-state index contributed by atoms with van der Waals surface area (Å²) in [5.41, 5.74) is 0.767. The highest BCUT2D eigenvalue weighted by Gasteiger charge is 2.27. The van der Waals surface area contributed by atoms with Crippen LogP contribution in [0.3, 0.4) is 0 Å². The fourth-order valence-electron chi connectivity index (χ4n) is 2.63. The van der Waals surface area contributed by atoms with Crippen LogP contribution in [0.4, 0.5) is 4.39 Å². The van der Waals surface area contributed by atoms with Crippen molar-refractivity contribution < 1.29 is 14.0 Å². The summed E-state index contributed by atoms with van der Waals surface area (Å²) in [6, 6.07) is 12.6. The molecule has 0 aliphatic rings. The summed E-state index contributed by atoms with van der Waals surface area (Å²) < 4.78 is 13.2. The number of likely N-dealkylation sites (N-methyl/N-ethyl adjacent to an activating group) is 1. The Kier molecular flexibility index (Phi) is 8.13. The summed E-state index contributed by atoms with van der Waals surface area (Å²) in [4.78, 5) is 27.6. The minimum atomic E-state index is -0.585. The van der Waals surface area contributed by atoms with Gasteiger partial charge >= 0.3 is 0 Å². The summed E-state index contributed by atoms with van der Waals surface area (Å²) in [5, 5.41) is 3.25. The van der Waals surface area contributed by atoms with Crippen LogP contribution in [0.1, 0.15) is 18.9 Å². The quantitative estimate of drug-likeness (QED) is 0.668. The average Bonchev–Trinajstić information content (AvgIpc) is 2.68. The van der Waals surface area contributed by atoms with Crippen LogP contribution in [-0.4, -0.2) is 35.6 Å². The molecular weight excluding hydrogens is 387 g/mol. The van der Waals surface area contributed by atoms with Crippen LogP contribution < -0.4 is 5.32 Å². The molecule has 2 aromatic rings. The van der Waals surface area contributed by atoms with E-state index in [4.69, 9.17) is 11.6 Å². The summed E-state index contributed by atoms with van der Waals surface area (Å²) in [5.74, 6) is -0.525. The first kappa shape index (κ1) is 21.3. The van der Waals surface area contributed by atoms with Gasteiger partial charge in [-0.15, -0.1) is 11.8 Å². The van der Waals surface area contributed by atoms with Crippen LogP contribution in [0.2, 0.25) is 5.02 Å². The van der Waals surface area contributed by atoms with E-state index < -0.39 is 6.04 Å². The Hall–Kier alpha value is -2.05. The van der Waals surface area contributed by atoms with Gasteiger partial charge in [0.2, 0.25) is 11.8 Å². The molecule has 0 saturated carbocycles. The molecule has 0 fully saturated rings. The Morgan fingerprint density at radius 3 is 2.33 bits per heavy atom. The number of nitrogens with one attached hydrogen (secondary N) is 1. The maximum Gasteiger partial charge on any atom is 0.242 e. The minimum Gasteiger partial charge on any atom is -0.357 e. The van der Waals surface area contributed by atoms with Gasteiger partial charge in [-0.2, -0.15) is 0 Å². The molecule has 0 aliphatic carbocycles. The molecule has 1 N–H and O–H groups in total. The molecule has 0 heterocycles. The van der Waals surface area contributed by atoms with E-state index >= 15 is 0 Å². The molecule has 0 bridgehead atoms. The molecule has 0 saturated heterocycles. The lowest BCUT2D eigenvalue weighted by atomic mass is 10.1. The SMILES string of the molecule is CCC(C(=O)NC)N(Cc1ccc(F)cc1)C(=O)CSc1ccc(Cl)cc1. The fourth-order valence-corrected chi connectivity index (χ4v) is 3.54. The zero-order valence-electron chi connectivity index (χ0n) is 15.2. The molecular formula is C20H22ClFN2O2S. The van der Waals surface area contributed by atoms with E-state index in [1.807, 2.05) is 19.1 Å². The highest BCUT2D eigenvalue weighted by atomic mass is 35.5. The second-order valence-corrected chi connectivity index (χ2v) is 7.41. The first-order chi connectivity index (χ1) is 12.9. The third-order valence-corrected chi connectivity index (χ3v) is 5.32. The van der Waals surface area contributed by atoms with Crippen molar-refractivity contribution >= 4 is 35.2 Å². The molecule has 0 aliphatic heterocycles. The number of amides is 2. The van der Waals surface area contributed by atoms with E-state index in [9.17, 15) is 14.0 Å². The van der Waals surface area contributed by atoms with Crippen molar-refractivity contribution in [2.75, 3.05) is 12.8 Å². The number of rotatable bonds is 8. The molecule has 4 nitrogen and oxygen atoms in total. The predicted octanol–water partition coefficient (Wildman–Crippen LogP) is 4.12. The maximum absolute atomic E-state index is 13.2. The van der Waals surface area contributed by atoms with E-state index in [1.54, 1.807) is 36.2 Å². The molecule has 27 heavy (non-hydrogen) atoms. The number of carbonyl (C=O) groups excluding carboxylic acids is 2. The standard InChI is InChI=1S/C20H22ClFN2O2S/c1-3-18(20(26)23-2)24(12-14-4-8-16(22)9-5-14)19(25)13-27-17-10-6-15(21)7-11-17/h4-11,18H,3,12-13H2,1-2H3,(H,23,26). The smallest absolute Gasteiger partial charge is 0.242 e. The third kappa shape index (κ3) is 6.26. The van der Waals surface area contributed by atoms with Crippen molar-refractivity contribution in [2.45, 2.75) is 30.8 Å². The number of nitrogens with zero attached hydrogens (tertiary/aromatic N) is 1. The van der Waals surface area contributed by atoms with Gasteiger partial charge in [0.25, 0.3) is 0 Å². The number of halogens is 2. The molecule has 0 radical (unpaired) electrons. The van der Waals surface area contributed by atoms with Crippen LogP contribution >= 0.6 is 23.4 Å². The number of thioether (sulfide) groups is 1. The molecule has 2 rings (SSSR count). The van der Waals surface area contributed by atoms with Crippen molar-refractivity contribution in [3.8, 4) is 0 Å². The third-order valence-electron chi connectivity index (χ3n) is 4.07.